The highest BCUT2D eigenvalue weighted by atomic mass is 19.4. The molecule has 0 saturated carbocycles. The number of halogens is 3. The highest BCUT2D eigenvalue weighted by Crippen LogP contribution is 2.37. The fourth-order valence-electron chi connectivity index (χ4n) is 6.56. The van der Waals surface area contributed by atoms with Crippen molar-refractivity contribution in [2.75, 3.05) is 53.0 Å². The topological polar surface area (TPSA) is 98.2 Å². The van der Waals surface area contributed by atoms with Crippen LogP contribution in [0.5, 0.6) is 5.75 Å². The zero-order valence-electron chi connectivity index (χ0n) is 24.9. The second-order valence-electron chi connectivity index (χ2n) is 11.8. The van der Waals surface area contributed by atoms with E-state index in [0.717, 1.165) is 29.5 Å². The molecule has 4 atom stereocenters. The van der Waals surface area contributed by atoms with Crippen LogP contribution in [0.25, 0.3) is 5.69 Å². The largest absolute Gasteiger partial charge is 0.497 e. The number of nitrogens with zero attached hydrogens (tertiary/aromatic N) is 4. The number of nitrogens with one attached hydrogen (secondary N) is 1. The minimum absolute atomic E-state index is 0.149. The van der Waals surface area contributed by atoms with E-state index >= 15 is 0 Å². The van der Waals surface area contributed by atoms with Crippen molar-refractivity contribution in [2.45, 2.75) is 31.2 Å². The molecule has 13 heteroatoms. The molecule has 2 amide bonds. The van der Waals surface area contributed by atoms with Gasteiger partial charge in [0, 0.05) is 39.1 Å². The Morgan fingerprint density at radius 3 is 2.38 bits per heavy atom. The highest BCUT2D eigenvalue weighted by Gasteiger charge is 2.45. The molecular weight excluding hydrogens is 591 g/mol. The zero-order chi connectivity index (χ0) is 31.6. The molecule has 1 aromatic heterocycles. The molecule has 0 radical (unpaired) electrons. The summed E-state index contributed by atoms with van der Waals surface area (Å²) in [7, 11) is 1.47. The molecule has 3 saturated heterocycles. The lowest BCUT2D eigenvalue weighted by atomic mass is 10.0. The molecule has 1 N–H and O–H groups in total. The van der Waals surface area contributed by atoms with Crippen LogP contribution >= 0.6 is 0 Å². The lowest BCUT2D eigenvalue weighted by Crippen LogP contribution is -2.36. The van der Waals surface area contributed by atoms with Crippen LogP contribution in [-0.4, -0.2) is 90.7 Å². The first-order valence-electron chi connectivity index (χ1n) is 15.1. The molecule has 3 aliphatic heterocycles. The summed E-state index contributed by atoms with van der Waals surface area (Å²) in [5.41, 5.74) is -0.387. The number of amides is 2. The van der Waals surface area contributed by atoms with Gasteiger partial charge in [-0.3, -0.25) is 4.79 Å². The summed E-state index contributed by atoms with van der Waals surface area (Å²) < 4.78 is 59.4. The van der Waals surface area contributed by atoms with E-state index < -0.39 is 29.4 Å². The monoisotopic (exact) mass is 627 g/mol. The highest BCUT2D eigenvalue weighted by molar-refractivity contribution is 5.95. The van der Waals surface area contributed by atoms with Gasteiger partial charge < -0.3 is 29.3 Å². The van der Waals surface area contributed by atoms with Gasteiger partial charge in [-0.25, -0.2) is 9.48 Å². The number of fused-ring (bicyclic) bond motifs is 1. The minimum atomic E-state index is -4.78. The number of alkyl halides is 3. The molecule has 0 aliphatic carbocycles. The van der Waals surface area contributed by atoms with E-state index in [1.807, 2.05) is 30.3 Å². The van der Waals surface area contributed by atoms with Crippen molar-refractivity contribution in [3.8, 4) is 11.4 Å². The average molecular weight is 628 g/mol. The van der Waals surface area contributed by atoms with E-state index in [-0.39, 0.29) is 29.7 Å². The Hall–Kier alpha value is -4.10. The summed E-state index contributed by atoms with van der Waals surface area (Å²) >= 11 is 0. The molecule has 6 rings (SSSR count). The first kappa shape index (κ1) is 30.9. The Bertz CT molecular complexity index is 1460. The maximum Gasteiger partial charge on any atom is 0.434 e. The summed E-state index contributed by atoms with van der Waals surface area (Å²) in [5, 5.41) is 6.96. The number of hydrogen-bond acceptors (Lipinski definition) is 7. The van der Waals surface area contributed by atoms with Gasteiger partial charge in [0.25, 0.3) is 5.91 Å². The molecular formula is C32H36F3N5O5. The van der Waals surface area contributed by atoms with Crippen LogP contribution in [0, 0.1) is 11.8 Å². The number of carbonyl (C=O) groups excluding carboxylic acids is 2. The number of likely N-dealkylation sites (tertiary alicyclic amines) is 2. The molecule has 240 valence electrons. The van der Waals surface area contributed by atoms with Crippen molar-refractivity contribution in [3.63, 3.8) is 0 Å². The van der Waals surface area contributed by atoms with Gasteiger partial charge in [-0.1, -0.05) is 30.3 Å². The van der Waals surface area contributed by atoms with Gasteiger partial charge >= 0.3 is 12.3 Å². The zero-order valence-corrected chi connectivity index (χ0v) is 24.9. The lowest BCUT2D eigenvalue weighted by molar-refractivity contribution is -0.143. The number of aromatic nitrogens is 2. The Balaban J connectivity index is 1.07. The summed E-state index contributed by atoms with van der Waals surface area (Å²) in [6, 6.07) is 15.5. The Morgan fingerprint density at radius 1 is 1.04 bits per heavy atom. The van der Waals surface area contributed by atoms with Gasteiger partial charge in [-0.15, -0.1) is 0 Å². The summed E-state index contributed by atoms with van der Waals surface area (Å²) in [6.45, 7) is 3.88. The van der Waals surface area contributed by atoms with E-state index in [1.54, 1.807) is 12.1 Å². The third kappa shape index (κ3) is 6.94. The minimum Gasteiger partial charge on any atom is -0.497 e. The van der Waals surface area contributed by atoms with Gasteiger partial charge in [0.2, 0.25) is 0 Å². The number of alkyl carbamates (subject to hydrolysis) is 1. The lowest BCUT2D eigenvalue weighted by Gasteiger charge is -2.25. The Kier molecular flexibility index (Phi) is 8.99. The van der Waals surface area contributed by atoms with Crippen LogP contribution in [0.15, 0.2) is 60.8 Å². The van der Waals surface area contributed by atoms with Crippen LogP contribution in [-0.2, 0) is 15.7 Å². The Morgan fingerprint density at radius 2 is 1.76 bits per heavy atom. The first-order chi connectivity index (χ1) is 21.7. The van der Waals surface area contributed by atoms with Gasteiger partial charge in [0.15, 0.2) is 5.69 Å². The van der Waals surface area contributed by atoms with E-state index in [9.17, 15) is 22.8 Å². The number of rotatable bonds is 9. The predicted octanol–water partition coefficient (Wildman–Crippen LogP) is 4.55. The Labute approximate surface area is 259 Å². The van der Waals surface area contributed by atoms with Crippen molar-refractivity contribution >= 4 is 12.0 Å². The van der Waals surface area contributed by atoms with Gasteiger partial charge in [0.1, 0.15) is 11.9 Å². The van der Waals surface area contributed by atoms with Gasteiger partial charge in [-0.2, -0.15) is 18.3 Å². The van der Waals surface area contributed by atoms with Crippen molar-refractivity contribution in [1.29, 1.82) is 0 Å². The third-order valence-corrected chi connectivity index (χ3v) is 8.82. The van der Waals surface area contributed by atoms with Crippen molar-refractivity contribution in [3.05, 3.63) is 77.6 Å². The molecule has 10 nitrogen and oxygen atoms in total. The molecule has 3 aromatic rings. The fourth-order valence-corrected chi connectivity index (χ4v) is 6.56. The number of benzene rings is 2. The van der Waals surface area contributed by atoms with Gasteiger partial charge in [-0.05, 0) is 48.1 Å². The molecule has 0 spiro atoms. The molecule has 45 heavy (non-hydrogen) atoms. The van der Waals surface area contributed by atoms with Crippen LogP contribution in [0.1, 0.15) is 40.5 Å². The third-order valence-electron chi connectivity index (χ3n) is 8.82. The van der Waals surface area contributed by atoms with Crippen LogP contribution < -0.4 is 10.1 Å². The summed E-state index contributed by atoms with van der Waals surface area (Å²) in [4.78, 5) is 29.9. The van der Waals surface area contributed by atoms with Crippen molar-refractivity contribution in [2.24, 2.45) is 11.8 Å². The number of carbonyl (C=O) groups is 2. The van der Waals surface area contributed by atoms with Crippen LogP contribution in [0.3, 0.4) is 0 Å². The predicted molar refractivity (Wildman–Crippen MR) is 157 cm³/mol. The first-order valence-corrected chi connectivity index (χ1v) is 15.1. The maximum absolute atomic E-state index is 14.3. The molecule has 3 fully saturated rings. The fraction of sp³-hybridized carbons (Fsp3) is 0.469. The normalized spacial score (nSPS) is 22.3. The second-order valence-corrected chi connectivity index (χ2v) is 11.8. The number of methoxy groups -OCH3 is 1. The molecule has 2 aromatic carbocycles. The number of ether oxygens (including phenoxy) is 3. The van der Waals surface area contributed by atoms with E-state index in [0.29, 0.717) is 51.4 Å². The van der Waals surface area contributed by atoms with E-state index in [4.69, 9.17) is 14.2 Å². The van der Waals surface area contributed by atoms with E-state index in [1.165, 1.54) is 24.1 Å². The van der Waals surface area contributed by atoms with Crippen LogP contribution in [0.4, 0.5) is 18.0 Å². The van der Waals surface area contributed by atoms with Crippen molar-refractivity contribution < 1.29 is 37.0 Å². The number of hydrogen-bond donors (Lipinski definition) is 1. The summed E-state index contributed by atoms with van der Waals surface area (Å²) in [5.74, 6) is 0.131. The standard InChI is InChI=1S/C32H36F3N5O5/c1-43-25-9-7-24(8-10-25)40-29(32(33,34)35)27(15-36-40)30(41)39-18-22-16-38(17-23(22)19-39)13-11-28(21-5-3-2-4-6-21)37-31(42)45-26-12-14-44-20-26/h2-10,15,22-23,26,28H,11-14,16-20H2,1H3,(H,37,42)/t22-,23?,26?,28?/m0/s1. The smallest absolute Gasteiger partial charge is 0.434 e. The van der Waals surface area contributed by atoms with Crippen LogP contribution in [0.2, 0.25) is 0 Å². The maximum atomic E-state index is 14.3. The van der Waals surface area contributed by atoms with Gasteiger partial charge in [0.05, 0.1) is 43.8 Å². The molecule has 3 unspecified atom stereocenters. The quantitative estimate of drug-likeness (QED) is 0.372. The summed E-state index contributed by atoms with van der Waals surface area (Å²) in [6.07, 6.45) is -3.15. The SMILES string of the molecule is COc1ccc(-n2ncc(C(=O)N3CC4CN(CCC(NC(=O)OC5CCOC5)c5ccccc5)C[C@H]4C3)c2C(F)(F)F)cc1. The molecule has 3 aliphatic rings. The molecule has 4 heterocycles. The molecule has 0 bridgehead atoms. The second kappa shape index (κ2) is 13.1. The van der Waals surface area contributed by atoms with Crippen molar-refractivity contribution in [1.82, 2.24) is 24.9 Å². The average Bonchev–Trinajstić information content (AvgIpc) is 3.83. The van der Waals surface area contributed by atoms with E-state index in [2.05, 4.69) is 15.3 Å².